The Morgan fingerprint density at radius 2 is 1.33 bits per heavy atom. The summed E-state index contributed by atoms with van der Waals surface area (Å²) in [7, 11) is 0. The highest BCUT2D eigenvalue weighted by molar-refractivity contribution is 5.84. The van der Waals surface area contributed by atoms with Gasteiger partial charge in [-0.1, -0.05) is 35.4 Å². The van der Waals surface area contributed by atoms with Gasteiger partial charge >= 0.3 is 11.9 Å². The molecule has 214 valence electrons. The Morgan fingerprint density at radius 1 is 0.897 bits per heavy atom. The van der Waals surface area contributed by atoms with E-state index in [-0.39, 0.29) is 42.5 Å². The van der Waals surface area contributed by atoms with Crippen molar-refractivity contribution in [1.82, 2.24) is 0 Å². The number of hydrogen-bond donors (Lipinski definition) is 4. The molecule has 2 fully saturated rings. The normalized spacial score (nSPS) is 24.6. The molecule has 1 aliphatic heterocycles. The van der Waals surface area contributed by atoms with Crippen molar-refractivity contribution in [3.8, 4) is 11.5 Å². The first kappa shape index (κ1) is 30.3. The van der Waals surface area contributed by atoms with Gasteiger partial charge in [-0.3, -0.25) is 0 Å². The van der Waals surface area contributed by atoms with Crippen LogP contribution in [0.2, 0.25) is 0 Å². The fraction of sp³-hybridized carbons (Fsp3) is 0.500. The smallest absolute Gasteiger partial charge is 0.349 e. The summed E-state index contributed by atoms with van der Waals surface area (Å²) in [6.45, 7) is 7.85. The zero-order valence-corrected chi connectivity index (χ0v) is 22.5. The summed E-state index contributed by atoms with van der Waals surface area (Å²) in [5, 5.41) is 27.4. The number of aliphatic hydroxyl groups is 1. The molecular formula is C28H37NO10. The average molecular weight is 548 g/mol. The van der Waals surface area contributed by atoms with E-state index in [9.17, 15) is 19.8 Å². The summed E-state index contributed by atoms with van der Waals surface area (Å²) >= 11 is 0. The zero-order chi connectivity index (χ0) is 28.7. The number of ether oxygens (including phenoxy) is 5. The van der Waals surface area contributed by atoms with Crippen LogP contribution in [0.5, 0.6) is 11.5 Å². The molecule has 1 heterocycles. The van der Waals surface area contributed by atoms with Gasteiger partial charge in [0.25, 0.3) is 0 Å². The van der Waals surface area contributed by atoms with Gasteiger partial charge in [-0.05, 0) is 58.4 Å². The molecule has 2 aliphatic rings. The number of rotatable bonds is 10. The molecule has 0 spiro atoms. The van der Waals surface area contributed by atoms with Crippen molar-refractivity contribution >= 4 is 11.9 Å². The number of hydrogen-bond acceptors (Lipinski definition) is 9. The fourth-order valence-corrected chi connectivity index (χ4v) is 4.35. The molecule has 0 bridgehead atoms. The van der Waals surface area contributed by atoms with Crippen molar-refractivity contribution in [2.75, 3.05) is 13.2 Å². The second-order valence-electron chi connectivity index (χ2n) is 9.98. The van der Waals surface area contributed by atoms with Gasteiger partial charge in [0.2, 0.25) is 12.2 Å². The molecule has 6 atom stereocenters. The van der Waals surface area contributed by atoms with Crippen molar-refractivity contribution in [1.29, 1.82) is 0 Å². The second kappa shape index (κ2) is 13.2. The molecule has 1 saturated carbocycles. The number of carboxylic acids is 2. The SMILES string of the molecule is CC1(C)O[C@@H]2C(N)CC(OCCO)[C@@H]2O1.Cc1ccc(OC(C(=O)O)C(Oc2ccc(C)cc2)C(=O)O)cc1. The van der Waals surface area contributed by atoms with Gasteiger partial charge in [0.15, 0.2) is 5.79 Å². The van der Waals surface area contributed by atoms with Crippen LogP contribution >= 0.6 is 0 Å². The number of aliphatic carboxylic acids is 2. The maximum absolute atomic E-state index is 11.5. The third-order valence-electron chi connectivity index (χ3n) is 6.21. The van der Waals surface area contributed by atoms with Crippen molar-refractivity contribution in [2.45, 2.75) is 76.5 Å². The van der Waals surface area contributed by atoms with Crippen LogP contribution in [0.3, 0.4) is 0 Å². The highest BCUT2D eigenvalue weighted by Gasteiger charge is 2.53. The topological polar surface area (TPSA) is 167 Å². The molecular weight excluding hydrogens is 510 g/mol. The van der Waals surface area contributed by atoms with Gasteiger partial charge in [0, 0.05) is 6.04 Å². The van der Waals surface area contributed by atoms with Crippen molar-refractivity contribution in [3.63, 3.8) is 0 Å². The van der Waals surface area contributed by atoms with E-state index in [2.05, 4.69) is 0 Å². The van der Waals surface area contributed by atoms with E-state index in [1.807, 2.05) is 27.7 Å². The highest BCUT2D eigenvalue weighted by atomic mass is 16.8. The maximum Gasteiger partial charge on any atom is 0.349 e. The van der Waals surface area contributed by atoms with E-state index < -0.39 is 29.9 Å². The number of carboxylic acid groups (broad SMARTS) is 2. The molecule has 0 amide bonds. The lowest BCUT2D eigenvalue weighted by molar-refractivity contribution is -0.168. The monoisotopic (exact) mass is 547 g/mol. The first-order valence-corrected chi connectivity index (χ1v) is 12.7. The van der Waals surface area contributed by atoms with Gasteiger partial charge in [-0.25, -0.2) is 9.59 Å². The molecule has 11 nitrogen and oxygen atoms in total. The summed E-state index contributed by atoms with van der Waals surface area (Å²) in [5.74, 6) is -2.91. The molecule has 1 aliphatic carbocycles. The Kier molecular flexibility index (Phi) is 10.3. The van der Waals surface area contributed by atoms with Crippen LogP contribution in [0.4, 0.5) is 0 Å². The number of nitrogens with two attached hydrogens (primary N) is 1. The van der Waals surface area contributed by atoms with Gasteiger partial charge in [-0.15, -0.1) is 0 Å². The maximum atomic E-state index is 11.5. The summed E-state index contributed by atoms with van der Waals surface area (Å²) in [6.07, 6.45) is -2.88. The van der Waals surface area contributed by atoms with Gasteiger partial charge in [0.05, 0.1) is 19.3 Å². The molecule has 11 heteroatoms. The number of aliphatic hydroxyl groups excluding tert-OH is 1. The Hall–Kier alpha value is -3.22. The summed E-state index contributed by atoms with van der Waals surface area (Å²) < 4.78 is 27.6. The lowest BCUT2D eigenvalue weighted by Crippen LogP contribution is -2.47. The second-order valence-corrected chi connectivity index (χ2v) is 9.98. The zero-order valence-electron chi connectivity index (χ0n) is 22.5. The largest absolute Gasteiger partial charge is 0.478 e. The quantitative estimate of drug-likeness (QED) is 0.344. The van der Waals surface area contributed by atoms with Crippen molar-refractivity contribution < 1.29 is 48.6 Å². The van der Waals surface area contributed by atoms with E-state index in [1.54, 1.807) is 48.5 Å². The van der Waals surface area contributed by atoms with E-state index in [0.717, 1.165) is 17.5 Å². The molecule has 2 aromatic carbocycles. The van der Waals surface area contributed by atoms with Crippen LogP contribution < -0.4 is 15.2 Å². The Morgan fingerprint density at radius 3 is 1.74 bits per heavy atom. The Balaban J connectivity index is 0.000000239. The van der Waals surface area contributed by atoms with Gasteiger partial charge in [-0.2, -0.15) is 0 Å². The van der Waals surface area contributed by atoms with E-state index in [0.29, 0.717) is 6.61 Å². The lowest BCUT2D eigenvalue weighted by Gasteiger charge is -2.22. The minimum absolute atomic E-state index is 0.0212. The molecule has 0 radical (unpaired) electrons. The third kappa shape index (κ3) is 8.38. The predicted molar refractivity (Wildman–Crippen MR) is 140 cm³/mol. The average Bonchev–Trinajstić information content (AvgIpc) is 3.35. The van der Waals surface area contributed by atoms with Crippen LogP contribution in [0.1, 0.15) is 31.4 Å². The van der Waals surface area contributed by atoms with Crippen LogP contribution in [0.15, 0.2) is 48.5 Å². The van der Waals surface area contributed by atoms with E-state index >= 15 is 0 Å². The summed E-state index contributed by atoms with van der Waals surface area (Å²) in [4.78, 5) is 23.0. The van der Waals surface area contributed by atoms with Crippen LogP contribution in [-0.2, 0) is 23.8 Å². The number of fused-ring (bicyclic) bond motifs is 1. The Bertz CT molecular complexity index is 1030. The standard InChI is InChI=1S/C18H18O6.C10H19NO4/c1-11-3-7-13(8-4-11)23-15(17(19)20)16(18(21)22)24-14-9-5-12(2)6-10-14;1-10(2)14-8-6(11)5-7(9(8)15-10)13-4-3-12/h3-10,15-16H,1-2H3,(H,19,20)(H,21,22);6-9,12H,3-5,11H2,1-2H3/t;6?,7?,8-,9+/m.1/s1. The fourth-order valence-electron chi connectivity index (χ4n) is 4.35. The molecule has 4 unspecified atom stereocenters. The first-order valence-electron chi connectivity index (χ1n) is 12.7. The molecule has 1 saturated heterocycles. The highest BCUT2D eigenvalue weighted by Crippen LogP contribution is 2.38. The van der Waals surface area contributed by atoms with Crippen LogP contribution in [0.25, 0.3) is 0 Å². The summed E-state index contributed by atoms with van der Waals surface area (Å²) in [6, 6.07) is 13.2. The number of carbonyl (C=O) groups is 2. The molecule has 39 heavy (non-hydrogen) atoms. The number of benzene rings is 2. The van der Waals surface area contributed by atoms with Gasteiger partial charge < -0.3 is 44.7 Å². The van der Waals surface area contributed by atoms with E-state index in [4.69, 9.17) is 34.5 Å². The molecule has 2 aromatic rings. The van der Waals surface area contributed by atoms with Crippen LogP contribution in [0, 0.1) is 13.8 Å². The predicted octanol–water partition coefficient (Wildman–Crippen LogP) is 2.28. The van der Waals surface area contributed by atoms with Crippen molar-refractivity contribution in [2.24, 2.45) is 5.73 Å². The molecule has 4 rings (SSSR count). The summed E-state index contributed by atoms with van der Waals surface area (Å²) in [5.41, 5.74) is 7.90. The van der Waals surface area contributed by atoms with E-state index in [1.165, 1.54) is 0 Å². The lowest BCUT2D eigenvalue weighted by atomic mass is 10.2. The molecule has 0 aromatic heterocycles. The number of aryl methyl sites for hydroxylation is 2. The Labute approximate surface area is 227 Å². The minimum atomic E-state index is -1.69. The van der Waals surface area contributed by atoms with Crippen LogP contribution in [-0.4, -0.2) is 82.8 Å². The van der Waals surface area contributed by atoms with Crippen molar-refractivity contribution in [3.05, 3.63) is 59.7 Å². The first-order chi connectivity index (χ1) is 18.4. The molecule has 5 N–H and O–H groups in total. The minimum Gasteiger partial charge on any atom is -0.478 e. The van der Waals surface area contributed by atoms with Gasteiger partial charge in [0.1, 0.15) is 23.7 Å². The third-order valence-corrected chi connectivity index (χ3v) is 6.21.